The van der Waals surface area contributed by atoms with Gasteiger partial charge in [-0.2, -0.15) is 0 Å². The van der Waals surface area contributed by atoms with E-state index in [-0.39, 0.29) is 24.1 Å². The van der Waals surface area contributed by atoms with Crippen molar-refractivity contribution in [1.29, 1.82) is 0 Å². The highest BCUT2D eigenvalue weighted by Crippen LogP contribution is 2.25. The molecule has 0 bridgehead atoms. The number of aryl methyl sites for hydroxylation is 1. The van der Waals surface area contributed by atoms with Gasteiger partial charge in [-0.05, 0) is 37.5 Å². The van der Waals surface area contributed by atoms with Crippen LogP contribution in [-0.2, 0) is 11.2 Å². The molecular formula is C17H20FN3O. The fourth-order valence-electron chi connectivity index (χ4n) is 3.00. The largest absolute Gasteiger partial charge is 0.346 e. The van der Waals surface area contributed by atoms with Gasteiger partial charge in [0.25, 0.3) is 0 Å². The molecule has 116 valence electrons. The van der Waals surface area contributed by atoms with Crippen molar-refractivity contribution in [3.8, 4) is 0 Å². The van der Waals surface area contributed by atoms with Crippen LogP contribution < -0.4 is 0 Å². The van der Waals surface area contributed by atoms with Gasteiger partial charge in [0.2, 0.25) is 5.91 Å². The van der Waals surface area contributed by atoms with Crippen LogP contribution in [0, 0.1) is 12.7 Å². The summed E-state index contributed by atoms with van der Waals surface area (Å²) in [6, 6.07) is 6.25. The lowest BCUT2D eigenvalue weighted by Gasteiger charge is -2.32. The summed E-state index contributed by atoms with van der Waals surface area (Å²) in [7, 11) is 0. The summed E-state index contributed by atoms with van der Waals surface area (Å²) in [5.74, 6) is 0.978. The highest BCUT2D eigenvalue weighted by atomic mass is 19.1. The predicted octanol–water partition coefficient (Wildman–Crippen LogP) is 2.81. The number of benzene rings is 1. The number of piperidine rings is 1. The molecule has 2 heterocycles. The molecule has 3 rings (SSSR count). The van der Waals surface area contributed by atoms with Crippen LogP contribution >= 0.6 is 0 Å². The second-order valence-electron chi connectivity index (χ2n) is 5.94. The van der Waals surface area contributed by atoms with Crippen molar-refractivity contribution in [2.75, 3.05) is 13.1 Å². The molecule has 0 radical (unpaired) electrons. The van der Waals surface area contributed by atoms with Crippen LogP contribution in [-0.4, -0.2) is 33.9 Å². The molecule has 1 aliphatic rings. The van der Waals surface area contributed by atoms with Crippen LogP contribution in [0.15, 0.2) is 30.5 Å². The lowest BCUT2D eigenvalue weighted by atomic mass is 9.96. The molecule has 1 unspecified atom stereocenters. The second-order valence-corrected chi connectivity index (χ2v) is 5.94. The van der Waals surface area contributed by atoms with E-state index < -0.39 is 0 Å². The van der Waals surface area contributed by atoms with Gasteiger partial charge in [0, 0.05) is 30.9 Å². The third kappa shape index (κ3) is 3.35. The number of H-pyrrole nitrogens is 1. The molecule has 1 amide bonds. The number of likely N-dealkylation sites (tertiary alicyclic amines) is 1. The summed E-state index contributed by atoms with van der Waals surface area (Å²) in [6.07, 6.45) is 4.08. The van der Waals surface area contributed by atoms with Gasteiger partial charge in [-0.1, -0.05) is 12.1 Å². The van der Waals surface area contributed by atoms with Crippen LogP contribution in [0.5, 0.6) is 0 Å². The number of hydrogen-bond donors (Lipinski definition) is 1. The van der Waals surface area contributed by atoms with E-state index in [4.69, 9.17) is 0 Å². The van der Waals surface area contributed by atoms with Crippen LogP contribution in [0.2, 0.25) is 0 Å². The van der Waals surface area contributed by atoms with Gasteiger partial charge >= 0.3 is 0 Å². The van der Waals surface area contributed by atoms with Gasteiger partial charge in [0.1, 0.15) is 11.6 Å². The summed E-state index contributed by atoms with van der Waals surface area (Å²) in [6.45, 7) is 3.43. The molecule has 1 saturated heterocycles. The Morgan fingerprint density at radius 2 is 2.36 bits per heavy atom. The Bertz CT molecular complexity index is 667. The summed E-state index contributed by atoms with van der Waals surface area (Å²) in [5.41, 5.74) is 1.76. The van der Waals surface area contributed by atoms with Gasteiger partial charge in [-0.15, -0.1) is 0 Å². The quantitative estimate of drug-likeness (QED) is 0.947. The number of hydrogen-bond acceptors (Lipinski definition) is 2. The Labute approximate surface area is 129 Å². The molecule has 1 N–H and O–H groups in total. The number of nitrogens with zero attached hydrogens (tertiary/aromatic N) is 2. The smallest absolute Gasteiger partial charge is 0.227 e. The molecule has 1 aromatic carbocycles. The number of carbonyl (C=O) groups is 1. The minimum atomic E-state index is -0.298. The molecule has 22 heavy (non-hydrogen) atoms. The second kappa shape index (κ2) is 6.30. The molecular weight excluding hydrogens is 281 g/mol. The molecule has 1 aromatic heterocycles. The van der Waals surface area contributed by atoms with E-state index in [1.807, 2.05) is 18.0 Å². The Balaban J connectivity index is 1.65. The first-order valence-electron chi connectivity index (χ1n) is 7.65. The van der Waals surface area contributed by atoms with Crippen molar-refractivity contribution in [3.05, 3.63) is 53.4 Å². The topological polar surface area (TPSA) is 49.0 Å². The van der Waals surface area contributed by atoms with Gasteiger partial charge in [0.05, 0.1) is 6.42 Å². The van der Waals surface area contributed by atoms with Gasteiger partial charge in [0.15, 0.2) is 0 Å². The molecule has 4 nitrogen and oxygen atoms in total. The first-order chi connectivity index (χ1) is 10.6. The van der Waals surface area contributed by atoms with E-state index in [9.17, 15) is 9.18 Å². The zero-order valence-electron chi connectivity index (χ0n) is 12.7. The predicted molar refractivity (Wildman–Crippen MR) is 82.0 cm³/mol. The van der Waals surface area contributed by atoms with Gasteiger partial charge in [-0.3, -0.25) is 4.79 Å². The summed E-state index contributed by atoms with van der Waals surface area (Å²) >= 11 is 0. The normalized spacial score (nSPS) is 18.5. The highest BCUT2D eigenvalue weighted by molar-refractivity contribution is 5.79. The van der Waals surface area contributed by atoms with Crippen LogP contribution in [0.4, 0.5) is 4.39 Å². The molecule has 1 atom stereocenters. The highest BCUT2D eigenvalue weighted by Gasteiger charge is 2.26. The SMILES string of the molecule is Cc1cnc(C2CCCN(C(=O)Cc3cccc(F)c3)C2)[nH]1. The minimum absolute atomic E-state index is 0.0542. The van der Waals surface area contributed by atoms with Crippen molar-refractivity contribution in [2.45, 2.75) is 32.1 Å². The van der Waals surface area contributed by atoms with E-state index in [1.54, 1.807) is 12.1 Å². The fraction of sp³-hybridized carbons (Fsp3) is 0.412. The first kappa shape index (κ1) is 14.8. The molecule has 5 heteroatoms. The minimum Gasteiger partial charge on any atom is -0.346 e. The lowest BCUT2D eigenvalue weighted by Crippen LogP contribution is -2.40. The molecule has 1 aliphatic heterocycles. The van der Waals surface area contributed by atoms with E-state index in [1.165, 1.54) is 12.1 Å². The number of imidazole rings is 1. The van der Waals surface area contributed by atoms with Gasteiger partial charge < -0.3 is 9.88 Å². The number of carbonyl (C=O) groups excluding carboxylic acids is 1. The molecule has 1 fully saturated rings. The number of aromatic amines is 1. The van der Waals surface area contributed by atoms with Crippen molar-refractivity contribution >= 4 is 5.91 Å². The fourth-order valence-corrected chi connectivity index (χ4v) is 3.00. The third-order valence-corrected chi connectivity index (χ3v) is 4.13. The summed E-state index contributed by atoms with van der Waals surface area (Å²) in [5, 5.41) is 0. The maximum absolute atomic E-state index is 13.2. The van der Waals surface area contributed by atoms with E-state index in [2.05, 4.69) is 9.97 Å². The Morgan fingerprint density at radius 1 is 1.50 bits per heavy atom. The maximum Gasteiger partial charge on any atom is 0.227 e. The van der Waals surface area contributed by atoms with Crippen LogP contribution in [0.25, 0.3) is 0 Å². The molecule has 0 spiro atoms. The Kier molecular flexibility index (Phi) is 4.22. The number of amides is 1. The average Bonchev–Trinajstić information content (AvgIpc) is 2.94. The van der Waals surface area contributed by atoms with Crippen molar-refractivity contribution in [2.24, 2.45) is 0 Å². The van der Waals surface area contributed by atoms with E-state index in [0.717, 1.165) is 36.5 Å². The van der Waals surface area contributed by atoms with Crippen LogP contribution in [0.3, 0.4) is 0 Å². The third-order valence-electron chi connectivity index (χ3n) is 4.13. The van der Waals surface area contributed by atoms with Crippen LogP contribution in [0.1, 0.15) is 35.8 Å². The maximum atomic E-state index is 13.2. The Morgan fingerprint density at radius 3 is 3.09 bits per heavy atom. The first-order valence-corrected chi connectivity index (χ1v) is 7.65. The summed E-state index contributed by atoms with van der Waals surface area (Å²) in [4.78, 5) is 22.0. The van der Waals surface area contributed by atoms with Gasteiger partial charge in [-0.25, -0.2) is 9.37 Å². The van der Waals surface area contributed by atoms with Crippen molar-refractivity contribution < 1.29 is 9.18 Å². The number of rotatable bonds is 3. The van der Waals surface area contributed by atoms with Crippen molar-refractivity contribution in [3.63, 3.8) is 0 Å². The molecule has 0 aliphatic carbocycles. The number of aromatic nitrogens is 2. The monoisotopic (exact) mass is 301 g/mol. The van der Waals surface area contributed by atoms with E-state index >= 15 is 0 Å². The molecule has 0 saturated carbocycles. The zero-order valence-corrected chi connectivity index (χ0v) is 12.7. The van der Waals surface area contributed by atoms with Crippen molar-refractivity contribution in [1.82, 2.24) is 14.9 Å². The lowest BCUT2D eigenvalue weighted by molar-refractivity contribution is -0.131. The number of nitrogens with one attached hydrogen (secondary N) is 1. The van der Waals surface area contributed by atoms with E-state index in [0.29, 0.717) is 6.54 Å². The standard InChI is InChI=1S/C17H20FN3O/c1-12-10-19-17(20-12)14-5-3-7-21(11-14)16(22)9-13-4-2-6-15(18)8-13/h2,4,6,8,10,14H,3,5,7,9,11H2,1H3,(H,19,20). The average molecular weight is 301 g/mol. The molecule has 2 aromatic rings. The number of halogens is 1. The Hall–Kier alpha value is -2.17. The zero-order chi connectivity index (χ0) is 15.5. The summed E-state index contributed by atoms with van der Waals surface area (Å²) < 4.78 is 13.2.